The molecule has 3 aliphatic heterocycles. The topological polar surface area (TPSA) is 193 Å². The zero-order chi connectivity index (χ0) is 45.2. The smallest absolute Gasteiger partial charge is 0.410 e. The number of aliphatic hydroxyl groups is 1. The molecule has 16 nitrogen and oxygen atoms in total. The van der Waals surface area contributed by atoms with E-state index >= 15 is 0 Å². The number of nitrogens with two attached hydrogens (primary N) is 1. The monoisotopic (exact) mass is 879 g/mol. The van der Waals surface area contributed by atoms with Crippen LogP contribution in [0.2, 0.25) is 0 Å². The number of aliphatic hydroxyl groups excluding tert-OH is 1. The van der Waals surface area contributed by atoms with E-state index in [-0.39, 0.29) is 42.7 Å². The molecule has 3 aliphatic rings. The summed E-state index contributed by atoms with van der Waals surface area (Å²) in [4.78, 5) is 45.4. The van der Waals surface area contributed by atoms with Gasteiger partial charge >= 0.3 is 12.1 Å². The van der Waals surface area contributed by atoms with Gasteiger partial charge in [-0.05, 0) is 105 Å². The molecule has 0 radical (unpaired) electrons. The van der Waals surface area contributed by atoms with E-state index in [2.05, 4.69) is 22.6 Å². The first kappa shape index (κ1) is 50.3. The molecule has 12 atom stereocenters. The molecule has 0 spiro atoms. The molecule has 2 aromatic rings. The van der Waals surface area contributed by atoms with Gasteiger partial charge in [-0.3, -0.25) is 19.2 Å². The van der Waals surface area contributed by atoms with E-state index in [1.807, 2.05) is 84.1 Å². The molecule has 2 unspecified atom stereocenters. The summed E-state index contributed by atoms with van der Waals surface area (Å²) in [5, 5.41) is 23.6. The van der Waals surface area contributed by atoms with Gasteiger partial charge in [0.15, 0.2) is 11.9 Å². The molecule has 0 bridgehead atoms. The third-order valence-corrected chi connectivity index (χ3v) is 12.5. The highest BCUT2D eigenvalue weighted by molar-refractivity contribution is 7.93. The Hall–Kier alpha value is -3.39. The van der Waals surface area contributed by atoms with Gasteiger partial charge in [-0.1, -0.05) is 31.2 Å². The third-order valence-electron chi connectivity index (χ3n) is 12.5. The van der Waals surface area contributed by atoms with E-state index in [1.165, 1.54) is 13.2 Å². The molecule has 3 fully saturated rings. The Morgan fingerprint density at radius 1 is 1.13 bits per heavy atom. The van der Waals surface area contributed by atoms with Gasteiger partial charge in [0.1, 0.15) is 29.6 Å². The van der Waals surface area contributed by atoms with Crippen molar-refractivity contribution in [3.63, 3.8) is 0 Å². The van der Waals surface area contributed by atoms with Crippen molar-refractivity contribution in [1.82, 2.24) is 30.1 Å². The molecule has 344 valence electrons. The molecule has 1 aromatic heterocycles. The summed E-state index contributed by atoms with van der Waals surface area (Å²) >= 11 is 0.250. The highest BCUT2D eigenvalue weighted by Crippen LogP contribution is 2.39. The number of carbonyl (C=O) groups is 3. The summed E-state index contributed by atoms with van der Waals surface area (Å²) in [6.07, 6.45) is 1.49. The van der Waals surface area contributed by atoms with Gasteiger partial charge < -0.3 is 44.7 Å². The van der Waals surface area contributed by atoms with Crippen molar-refractivity contribution in [1.29, 1.82) is 0 Å². The second kappa shape index (κ2) is 22.3. The van der Waals surface area contributed by atoms with Crippen LogP contribution >= 0.6 is 12.1 Å². The average Bonchev–Trinajstić information content (AvgIpc) is 3.79. The van der Waals surface area contributed by atoms with Gasteiger partial charge in [0, 0.05) is 68.4 Å². The number of fused-ring (bicyclic) bond motifs is 1. The van der Waals surface area contributed by atoms with Gasteiger partial charge in [0.25, 0.3) is 0 Å². The first-order valence-corrected chi connectivity index (χ1v) is 22.5. The van der Waals surface area contributed by atoms with Crippen molar-refractivity contribution in [3.05, 3.63) is 30.5 Å². The predicted molar refractivity (Wildman–Crippen MR) is 232 cm³/mol. The van der Waals surface area contributed by atoms with Crippen LogP contribution in [-0.4, -0.2) is 148 Å². The van der Waals surface area contributed by atoms with Crippen LogP contribution in [-0.2, 0) is 39.8 Å². The minimum Gasteiger partial charge on any atom is -0.458 e. The minimum absolute atomic E-state index is 0.000667. The zero-order valence-electron chi connectivity index (χ0n) is 37.8. The quantitative estimate of drug-likeness (QED) is 0.114. The van der Waals surface area contributed by atoms with E-state index in [9.17, 15) is 23.4 Å². The number of nitrogens with one attached hydrogen (secondary N) is 1. The molecule has 4 heterocycles. The number of anilines is 1. The maximum Gasteiger partial charge on any atom is 0.410 e. The second-order valence-corrected chi connectivity index (χ2v) is 17.8. The first-order chi connectivity index (χ1) is 28.8. The van der Waals surface area contributed by atoms with Crippen molar-refractivity contribution in [3.8, 4) is 11.3 Å². The van der Waals surface area contributed by atoms with Gasteiger partial charge in [-0.2, -0.15) is 3.89 Å². The van der Waals surface area contributed by atoms with Crippen LogP contribution < -0.4 is 11.1 Å². The van der Waals surface area contributed by atoms with Crippen LogP contribution in [0.3, 0.4) is 0 Å². The number of carbonyl (C=O) groups excluding carboxylic acids is 3. The molecule has 61 heavy (non-hydrogen) atoms. The van der Waals surface area contributed by atoms with Gasteiger partial charge in [-0.25, -0.2) is 4.79 Å². The fraction of sp³-hybridized carbons (Fsp3) is 0.744. The van der Waals surface area contributed by atoms with E-state index in [1.54, 1.807) is 16.7 Å². The standard InChI is InChI=1S/C42H67N7O9.CH3FS/c1-11-34-42(7)37(49(40(53)58-42)18-13-12-17-48-24-31(45-46-48)29-15-14-16-30(43)20-29)28(5)44-23-25(2)22-41(6,54-10)35(21-33(50)27(4)38(52)56-34)57-39-36(51)32(47(8)9)19-26(3)55-39;1-3-2/h14-16,20,24-28,32,34-37,39,44,51H,11-13,17-19,21-23,43H2,1-10H3;1H3/t25-,26-,27-,28-,32?,34-,35-,36?,37-,39+,41+,42-;/m1./s1. The first-order valence-electron chi connectivity index (χ1n) is 21.4. The number of esters is 1. The third kappa shape index (κ3) is 12.4. The number of hydrogen-bond acceptors (Lipinski definition) is 15. The fourth-order valence-electron chi connectivity index (χ4n) is 8.95. The van der Waals surface area contributed by atoms with Crippen LogP contribution in [0.4, 0.5) is 14.4 Å². The van der Waals surface area contributed by atoms with Gasteiger partial charge in [0.05, 0.1) is 30.0 Å². The molecule has 0 aliphatic carbocycles. The number of benzene rings is 1. The van der Waals surface area contributed by atoms with Crippen LogP contribution in [0.25, 0.3) is 11.3 Å². The van der Waals surface area contributed by atoms with Crippen molar-refractivity contribution in [2.24, 2.45) is 11.8 Å². The molecule has 0 saturated carbocycles. The molecule has 1 amide bonds. The Morgan fingerprint density at radius 2 is 1.82 bits per heavy atom. The number of ether oxygens (including phenoxy) is 5. The number of nitrogens with zero attached hydrogens (tertiary/aromatic N) is 5. The predicted octanol–water partition coefficient (Wildman–Crippen LogP) is 5.27. The second-order valence-electron chi connectivity index (χ2n) is 17.5. The number of cyclic esters (lactones) is 1. The molecule has 3 saturated heterocycles. The summed E-state index contributed by atoms with van der Waals surface area (Å²) in [5.74, 6) is -2.27. The van der Waals surface area contributed by atoms with E-state index in [0.29, 0.717) is 57.4 Å². The SMILES string of the molecule is CC[C@H]1OC(=O)[C@H](C)C(=O)C[C@@H](O[C@@H]2O[C@H](C)CC(N(C)C)C2O)[C@@](C)(OC)C[C@@H](C)CN[C@H](C)[C@H]2N(CCCCn3cc(-c4cccc(N)c4)nn3)C(=O)O[C@]12C.CSF. The van der Waals surface area contributed by atoms with Crippen molar-refractivity contribution in [2.75, 3.05) is 46.3 Å². The normalized spacial score (nSPS) is 34.1. The molecule has 18 heteroatoms. The van der Waals surface area contributed by atoms with E-state index in [4.69, 9.17) is 29.4 Å². The van der Waals surface area contributed by atoms with Crippen molar-refractivity contribution in [2.45, 2.75) is 154 Å². The number of likely N-dealkylation sites (N-methyl/N-ethyl adjacent to an activating group) is 1. The van der Waals surface area contributed by atoms with Gasteiger partial charge in [-0.15, -0.1) is 5.10 Å². The number of aromatic nitrogens is 3. The zero-order valence-corrected chi connectivity index (χ0v) is 38.7. The molecular formula is C43H70FN7O9S. The number of rotatable bonds is 11. The summed E-state index contributed by atoms with van der Waals surface area (Å²) in [6, 6.07) is 6.47. The number of Topliss-reactive ketones (excluding diaryl/α,β-unsaturated/α-hetero) is 1. The molecular weight excluding hydrogens is 810 g/mol. The lowest BCUT2D eigenvalue weighted by atomic mass is 9.83. The maximum absolute atomic E-state index is 14.0. The number of amides is 1. The summed E-state index contributed by atoms with van der Waals surface area (Å²) in [7, 11) is 5.38. The number of hydrogen-bond donors (Lipinski definition) is 3. The van der Waals surface area contributed by atoms with Crippen LogP contribution in [0.1, 0.15) is 87.0 Å². The van der Waals surface area contributed by atoms with Crippen molar-refractivity contribution < 1.29 is 47.1 Å². The Labute approximate surface area is 365 Å². The Morgan fingerprint density at radius 3 is 2.46 bits per heavy atom. The number of nitrogen functional groups attached to an aromatic ring is 1. The number of halogens is 1. The highest BCUT2D eigenvalue weighted by Gasteiger charge is 2.58. The van der Waals surface area contributed by atoms with Crippen LogP contribution in [0, 0.1) is 11.8 Å². The Kier molecular flexibility index (Phi) is 18.4. The average molecular weight is 880 g/mol. The Bertz CT molecular complexity index is 1740. The largest absolute Gasteiger partial charge is 0.458 e. The minimum atomic E-state index is -1.22. The molecule has 4 N–H and O–H groups in total. The van der Waals surface area contributed by atoms with Crippen LogP contribution in [0.15, 0.2) is 30.5 Å². The number of ketones is 1. The maximum atomic E-state index is 14.0. The summed E-state index contributed by atoms with van der Waals surface area (Å²) in [6.45, 7) is 14.7. The van der Waals surface area contributed by atoms with E-state index < -0.39 is 65.6 Å². The number of unbranched alkanes of at least 4 members (excludes halogenated alkanes) is 1. The van der Waals surface area contributed by atoms with Crippen LogP contribution in [0.5, 0.6) is 0 Å². The lowest BCUT2D eigenvalue weighted by Crippen LogP contribution is -2.61. The number of methoxy groups -OCH3 is 1. The summed E-state index contributed by atoms with van der Waals surface area (Å²) < 4.78 is 43.2. The highest BCUT2D eigenvalue weighted by atomic mass is 32.2. The van der Waals surface area contributed by atoms with Crippen molar-refractivity contribution >= 4 is 35.7 Å². The summed E-state index contributed by atoms with van der Waals surface area (Å²) in [5.41, 5.74) is 5.98. The molecule has 1 aromatic carbocycles. The number of aryl methyl sites for hydroxylation is 1. The van der Waals surface area contributed by atoms with E-state index in [0.717, 1.165) is 11.3 Å². The fourth-order valence-corrected chi connectivity index (χ4v) is 8.95. The lowest BCUT2D eigenvalue weighted by molar-refractivity contribution is -0.289. The lowest BCUT2D eigenvalue weighted by Gasteiger charge is -2.45. The Balaban J connectivity index is 0.00000265. The molecule has 5 rings (SSSR count). The van der Waals surface area contributed by atoms with Gasteiger partial charge in [0.2, 0.25) is 0 Å².